The molecular weight excluding hydrogens is 270 g/mol. The quantitative estimate of drug-likeness (QED) is 0.586. The smallest absolute Gasteiger partial charge is 0.222 e. The summed E-state index contributed by atoms with van der Waals surface area (Å²) in [6.45, 7) is 2.92. The lowest BCUT2D eigenvalue weighted by molar-refractivity contribution is 0.632. The number of allylic oxidation sites excluding steroid dienone is 4. The molecule has 1 heterocycles. The Kier molecular flexibility index (Phi) is 5.50. The van der Waals surface area contributed by atoms with Crippen molar-refractivity contribution in [2.75, 3.05) is 11.1 Å². The number of hydrogen-bond acceptors (Lipinski definition) is 5. The molecule has 7 heteroatoms. The Bertz CT molecular complexity index is 528. The van der Waals surface area contributed by atoms with Crippen LogP contribution in [-0.4, -0.2) is 9.97 Å². The normalized spacial score (nSPS) is 13.6. The molecule has 102 valence electrons. The molecule has 0 bridgehead atoms. The minimum atomic E-state index is -0.679. The van der Waals surface area contributed by atoms with Crippen molar-refractivity contribution in [3.05, 3.63) is 46.7 Å². The van der Waals surface area contributed by atoms with Crippen molar-refractivity contribution in [1.82, 2.24) is 9.97 Å². The second kappa shape index (κ2) is 6.89. The van der Waals surface area contributed by atoms with Gasteiger partial charge < -0.3 is 11.1 Å². The summed E-state index contributed by atoms with van der Waals surface area (Å²) in [5, 5.41) is 3.85. The van der Waals surface area contributed by atoms with E-state index in [2.05, 4.69) is 27.9 Å². The molecule has 0 aliphatic carbocycles. The van der Waals surface area contributed by atoms with Crippen molar-refractivity contribution in [3.63, 3.8) is 0 Å². The highest BCUT2D eigenvalue weighted by Crippen LogP contribution is 2.17. The molecule has 0 unspecified atom stereocenters. The van der Waals surface area contributed by atoms with Gasteiger partial charge in [0.25, 0.3) is 0 Å². The van der Waals surface area contributed by atoms with Crippen LogP contribution < -0.4 is 11.1 Å². The zero-order valence-electron chi connectivity index (χ0n) is 10.5. The van der Waals surface area contributed by atoms with Crippen LogP contribution in [-0.2, 0) is 0 Å². The van der Waals surface area contributed by atoms with E-state index in [1.807, 2.05) is 0 Å². The highest BCUT2D eigenvalue weighted by molar-refractivity contribution is 7.83. The van der Waals surface area contributed by atoms with Gasteiger partial charge in [0.2, 0.25) is 5.95 Å². The first-order valence-corrected chi connectivity index (χ1v) is 5.86. The Labute approximate surface area is 115 Å². The molecule has 19 heavy (non-hydrogen) atoms. The average molecular weight is 284 g/mol. The summed E-state index contributed by atoms with van der Waals surface area (Å²) in [4.78, 5) is 7.77. The maximum absolute atomic E-state index is 13.7. The summed E-state index contributed by atoms with van der Waals surface area (Å²) >= 11 is 3.76. The number of nitrogens with zero attached hydrogens (tertiary/aromatic N) is 2. The van der Waals surface area contributed by atoms with Gasteiger partial charge in [0, 0.05) is 11.8 Å². The molecular formula is C12H14F2N4S. The number of nitrogens with one attached hydrogen (secondary N) is 1. The van der Waals surface area contributed by atoms with Crippen LogP contribution in [0.25, 0.3) is 0 Å². The van der Waals surface area contributed by atoms with Crippen LogP contribution in [0.5, 0.6) is 0 Å². The predicted octanol–water partition coefficient (Wildman–Crippen LogP) is 3.28. The van der Waals surface area contributed by atoms with E-state index in [1.54, 1.807) is 13.0 Å². The van der Waals surface area contributed by atoms with E-state index in [-0.39, 0.29) is 17.5 Å². The first kappa shape index (κ1) is 15.2. The van der Waals surface area contributed by atoms with Crippen molar-refractivity contribution >= 4 is 24.4 Å². The standard InChI is InChI=1S/C12H14F2N4S/c1-7(13)5-10(9(14)3-4-19)17-11-6-8(2)16-12(15)18-11/h3-6,19H,1-2H3,(H3,15,16,17,18)/b4-3+,7-5+,10-9-. The van der Waals surface area contributed by atoms with Gasteiger partial charge in [-0.25, -0.2) is 13.8 Å². The number of anilines is 2. The summed E-state index contributed by atoms with van der Waals surface area (Å²) < 4.78 is 26.6. The zero-order valence-corrected chi connectivity index (χ0v) is 11.4. The molecule has 0 aromatic carbocycles. The van der Waals surface area contributed by atoms with Gasteiger partial charge in [-0.1, -0.05) is 0 Å². The molecule has 0 amide bonds. The van der Waals surface area contributed by atoms with Crippen LogP contribution in [0.3, 0.4) is 0 Å². The Morgan fingerprint density at radius 2 is 2.11 bits per heavy atom. The third-order valence-electron chi connectivity index (χ3n) is 1.96. The van der Waals surface area contributed by atoms with E-state index in [0.717, 1.165) is 12.2 Å². The Balaban J connectivity index is 3.15. The van der Waals surface area contributed by atoms with Crippen LogP contribution in [0.1, 0.15) is 12.6 Å². The summed E-state index contributed by atoms with van der Waals surface area (Å²) in [6, 6.07) is 1.56. The van der Waals surface area contributed by atoms with Gasteiger partial charge in [-0.2, -0.15) is 17.6 Å². The molecule has 0 atom stereocenters. The largest absolute Gasteiger partial charge is 0.368 e. The molecule has 0 radical (unpaired) electrons. The Hall–Kier alpha value is -1.89. The number of rotatable bonds is 4. The number of thiol groups is 1. The van der Waals surface area contributed by atoms with Crippen molar-refractivity contribution < 1.29 is 8.78 Å². The number of nitrogen functional groups attached to an aromatic ring is 1. The second-order valence-electron chi connectivity index (χ2n) is 3.69. The lowest BCUT2D eigenvalue weighted by atomic mass is 10.3. The molecule has 0 saturated heterocycles. The second-order valence-corrected chi connectivity index (χ2v) is 3.98. The lowest BCUT2D eigenvalue weighted by Crippen LogP contribution is -2.05. The average Bonchev–Trinajstić information content (AvgIpc) is 2.26. The van der Waals surface area contributed by atoms with Gasteiger partial charge >= 0.3 is 0 Å². The molecule has 0 saturated carbocycles. The summed E-state index contributed by atoms with van der Waals surface area (Å²) in [5.74, 6) is -0.904. The summed E-state index contributed by atoms with van der Waals surface area (Å²) in [7, 11) is 0. The van der Waals surface area contributed by atoms with Crippen LogP contribution in [0, 0.1) is 6.92 Å². The number of aryl methyl sites for hydroxylation is 1. The van der Waals surface area contributed by atoms with Crippen LogP contribution >= 0.6 is 12.6 Å². The molecule has 0 aliphatic rings. The minimum Gasteiger partial charge on any atom is -0.368 e. The zero-order chi connectivity index (χ0) is 14.4. The molecule has 4 nitrogen and oxygen atoms in total. The van der Waals surface area contributed by atoms with Crippen LogP contribution in [0.15, 0.2) is 41.0 Å². The summed E-state index contributed by atoms with van der Waals surface area (Å²) in [6.07, 6.45) is 2.10. The Morgan fingerprint density at radius 3 is 2.63 bits per heavy atom. The fraction of sp³-hybridized carbons (Fsp3) is 0.167. The van der Waals surface area contributed by atoms with Crippen LogP contribution in [0.2, 0.25) is 0 Å². The number of hydrogen-bond donors (Lipinski definition) is 3. The SMILES string of the molecule is C\C(F)=C/C(Nc1cc(C)nc(N)n1)=C(F)\C=C\S. The topological polar surface area (TPSA) is 63.8 Å². The number of aromatic nitrogens is 2. The first-order valence-electron chi connectivity index (χ1n) is 5.35. The monoisotopic (exact) mass is 284 g/mol. The third kappa shape index (κ3) is 5.09. The summed E-state index contributed by atoms with van der Waals surface area (Å²) in [5.41, 5.74) is 6.01. The van der Waals surface area contributed by atoms with Crippen molar-refractivity contribution in [1.29, 1.82) is 0 Å². The van der Waals surface area contributed by atoms with E-state index in [1.165, 1.54) is 12.3 Å². The van der Waals surface area contributed by atoms with Gasteiger partial charge in [-0.05, 0) is 31.4 Å². The molecule has 1 aromatic heterocycles. The Morgan fingerprint density at radius 1 is 1.42 bits per heavy atom. The highest BCUT2D eigenvalue weighted by atomic mass is 32.1. The highest BCUT2D eigenvalue weighted by Gasteiger charge is 2.06. The molecule has 3 N–H and O–H groups in total. The van der Waals surface area contributed by atoms with Crippen molar-refractivity contribution in [2.45, 2.75) is 13.8 Å². The number of halogens is 2. The van der Waals surface area contributed by atoms with E-state index in [0.29, 0.717) is 5.69 Å². The third-order valence-corrected chi connectivity index (χ3v) is 2.10. The number of nitrogens with two attached hydrogens (primary N) is 1. The maximum Gasteiger partial charge on any atom is 0.222 e. The first-order chi connectivity index (χ1) is 8.92. The van der Waals surface area contributed by atoms with E-state index in [4.69, 9.17) is 5.73 Å². The molecule has 1 aromatic rings. The fourth-order valence-corrected chi connectivity index (χ4v) is 1.44. The van der Waals surface area contributed by atoms with E-state index >= 15 is 0 Å². The molecule has 0 aliphatic heterocycles. The molecule has 0 spiro atoms. The van der Waals surface area contributed by atoms with E-state index < -0.39 is 11.7 Å². The van der Waals surface area contributed by atoms with Gasteiger partial charge in [0.15, 0.2) is 0 Å². The van der Waals surface area contributed by atoms with Gasteiger partial charge in [0.05, 0.1) is 11.5 Å². The van der Waals surface area contributed by atoms with Gasteiger partial charge in [-0.3, -0.25) is 0 Å². The molecule has 0 fully saturated rings. The minimum absolute atomic E-state index is 0.0490. The van der Waals surface area contributed by atoms with Crippen molar-refractivity contribution in [2.24, 2.45) is 0 Å². The predicted molar refractivity (Wildman–Crippen MR) is 75.9 cm³/mol. The lowest BCUT2D eigenvalue weighted by Gasteiger charge is -2.08. The fourth-order valence-electron chi connectivity index (χ4n) is 1.31. The van der Waals surface area contributed by atoms with Gasteiger partial charge in [-0.15, -0.1) is 0 Å². The van der Waals surface area contributed by atoms with E-state index in [9.17, 15) is 8.78 Å². The molecule has 1 rings (SSSR count). The van der Waals surface area contributed by atoms with Gasteiger partial charge in [0.1, 0.15) is 11.6 Å². The van der Waals surface area contributed by atoms with Crippen LogP contribution in [0.4, 0.5) is 20.5 Å². The van der Waals surface area contributed by atoms with Crippen molar-refractivity contribution in [3.8, 4) is 0 Å². The maximum atomic E-state index is 13.7.